The first-order chi connectivity index (χ1) is 4.09. The lowest BCUT2D eigenvalue weighted by molar-refractivity contribution is -0.0698. The third-order valence-corrected chi connectivity index (χ3v) is 1.08. The maximum atomic E-state index is 8.73. The summed E-state index contributed by atoms with van der Waals surface area (Å²) < 4.78 is 0. The molecule has 0 aromatic carbocycles. The first kappa shape index (κ1) is 8.84. The molecule has 0 spiro atoms. The molecule has 0 saturated carbocycles. The van der Waals surface area contributed by atoms with Crippen LogP contribution in [0.5, 0.6) is 0 Å². The van der Waals surface area contributed by atoms with Gasteiger partial charge in [-0.2, -0.15) is 0 Å². The summed E-state index contributed by atoms with van der Waals surface area (Å²) >= 11 is 0. The van der Waals surface area contributed by atoms with Crippen molar-refractivity contribution in [3.05, 3.63) is 0 Å². The molecule has 0 aromatic rings. The average Bonchev–Trinajstić information content (AvgIpc) is 1.84. The maximum absolute atomic E-state index is 8.73. The van der Waals surface area contributed by atoms with Crippen LogP contribution in [-0.2, 0) is 0 Å². The molecule has 0 bridgehead atoms. The van der Waals surface area contributed by atoms with E-state index >= 15 is 0 Å². The van der Waals surface area contributed by atoms with Crippen LogP contribution in [0.2, 0.25) is 0 Å². The first-order valence-corrected chi connectivity index (χ1v) is 2.74. The Bertz CT molecular complexity index is 73.4. The zero-order valence-electron chi connectivity index (χ0n) is 5.23. The van der Waals surface area contributed by atoms with Crippen LogP contribution < -0.4 is 0 Å². The van der Waals surface area contributed by atoms with E-state index in [0.29, 0.717) is 0 Å². The van der Waals surface area contributed by atoms with Gasteiger partial charge in [0.25, 0.3) is 0 Å². The molecule has 0 aliphatic rings. The van der Waals surface area contributed by atoms with Crippen molar-refractivity contribution >= 4 is 0 Å². The van der Waals surface area contributed by atoms with E-state index in [1.54, 1.807) is 0 Å². The Morgan fingerprint density at radius 2 is 1.67 bits per heavy atom. The fraction of sp³-hybridized carbons (Fsp3) is 1.00. The lowest BCUT2D eigenvalue weighted by atomic mass is 10.1. The highest BCUT2D eigenvalue weighted by Gasteiger charge is 2.19. The largest absolute Gasteiger partial charge is 0.394 e. The first-order valence-electron chi connectivity index (χ1n) is 2.74. The summed E-state index contributed by atoms with van der Waals surface area (Å²) in [5.74, 6) is 0. The van der Waals surface area contributed by atoms with Gasteiger partial charge in [-0.3, -0.25) is 0 Å². The van der Waals surface area contributed by atoms with Crippen LogP contribution in [0, 0.1) is 0 Å². The molecule has 0 radical (unpaired) electrons. The lowest BCUT2D eigenvalue weighted by Crippen LogP contribution is -2.37. The number of aliphatic hydroxyl groups excluding tert-OH is 4. The number of rotatable bonds is 3. The standard InChI is InChI=1S/C5H12O4/c1-3(7)5(9)4(8)2-6/h3-9H,2H2,1H3/t3-,4?,5+/m0/s1. The molecule has 0 rings (SSSR count). The van der Waals surface area contributed by atoms with Crippen molar-refractivity contribution in [1.82, 2.24) is 0 Å². The number of hydrogen-bond acceptors (Lipinski definition) is 4. The van der Waals surface area contributed by atoms with Crippen LogP contribution >= 0.6 is 0 Å². The van der Waals surface area contributed by atoms with Crippen LogP contribution in [0.3, 0.4) is 0 Å². The van der Waals surface area contributed by atoms with E-state index in [0.717, 1.165) is 0 Å². The molecule has 0 aromatic heterocycles. The molecule has 9 heavy (non-hydrogen) atoms. The Kier molecular flexibility index (Phi) is 3.72. The topological polar surface area (TPSA) is 80.9 Å². The van der Waals surface area contributed by atoms with Gasteiger partial charge in [0.15, 0.2) is 0 Å². The molecule has 4 heteroatoms. The Balaban J connectivity index is 3.58. The quantitative estimate of drug-likeness (QED) is 0.364. The molecule has 0 heterocycles. The molecule has 0 fully saturated rings. The Morgan fingerprint density at radius 3 is 1.78 bits per heavy atom. The maximum Gasteiger partial charge on any atom is 0.108 e. The SMILES string of the molecule is C[C@H](O)[C@@H](O)C(O)CO. The van der Waals surface area contributed by atoms with Crippen molar-refractivity contribution in [3.8, 4) is 0 Å². The van der Waals surface area contributed by atoms with E-state index in [1.165, 1.54) is 6.92 Å². The van der Waals surface area contributed by atoms with Crippen LogP contribution in [0.25, 0.3) is 0 Å². The molecule has 0 aliphatic heterocycles. The van der Waals surface area contributed by atoms with Crippen molar-refractivity contribution in [1.29, 1.82) is 0 Å². The highest BCUT2D eigenvalue weighted by Crippen LogP contribution is 1.97. The van der Waals surface area contributed by atoms with Crippen LogP contribution in [0.15, 0.2) is 0 Å². The van der Waals surface area contributed by atoms with Crippen molar-refractivity contribution in [2.24, 2.45) is 0 Å². The molecule has 56 valence electrons. The second-order valence-electron chi connectivity index (χ2n) is 1.98. The summed E-state index contributed by atoms with van der Waals surface area (Å²) in [6.07, 6.45) is -3.51. The van der Waals surface area contributed by atoms with Crippen LogP contribution in [-0.4, -0.2) is 45.3 Å². The Morgan fingerprint density at radius 1 is 1.22 bits per heavy atom. The van der Waals surface area contributed by atoms with Gasteiger partial charge < -0.3 is 20.4 Å². The van der Waals surface area contributed by atoms with E-state index in [2.05, 4.69) is 0 Å². The van der Waals surface area contributed by atoms with E-state index in [4.69, 9.17) is 20.4 Å². The van der Waals surface area contributed by atoms with Gasteiger partial charge in [-0.05, 0) is 6.92 Å². The minimum atomic E-state index is -1.25. The molecule has 0 amide bonds. The van der Waals surface area contributed by atoms with Gasteiger partial charge >= 0.3 is 0 Å². The van der Waals surface area contributed by atoms with E-state index < -0.39 is 24.9 Å². The Labute approximate surface area is 53.4 Å². The summed E-state index contributed by atoms with van der Waals surface area (Å²) in [5, 5.41) is 34.2. The summed E-state index contributed by atoms with van der Waals surface area (Å²) in [7, 11) is 0. The minimum Gasteiger partial charge on any atom is -0.394 e. The molecule has 0 aliphatic carbocycles. The molecule has 0 saturated heterocycles. The molecular formula is C5H12O4. The van der Waals surface area contributed by atoms with E-state index in [9.17, 15) is 0 Å². The van der Waals surface area contributed by atoms with Gasteiger partial charge in [-0.15, -0.1) is 0 Å². The fourth-order valence-electron chi connectivity index (χ4n) is 0.429. The third kappa shape index (κ3) is 2.76. The summed E-state index contributed by atoms with van der Waals surface area (Å²) in [5.41, 5.74) is 0. The van der Waals surface area contributed by atoms with Crippen LogP contribution in [0.1, 0.15) is 6.92 Å². The molecule has 1 unspecified atom stereocenters. The van der Waals surface area contributed by atoms with Gasteiger partial charge in [0.05, 0.1) is 12.7 Å². The highest BCUT2D eigenvalue weighted by molar-refractivity contribution is 4.70. The molecule has 4 nitrogen and oxygen atoms in total. The van der Waals surface area contributed by atoms with Crippen molar-refractivity contribution in [2.45, 2.75) is 25.2 Å². The lowest BCUT2D eigenvalue weighted by Gasteiger charge is -2.17. The predicted molar refractivity (Wildman–Crippen MR) is 30.8 cm³/mol. The summed E-state index contributed by atoms with van der Waals surface area (Å²) in [6.45, 7) is 0.801. The summed E-state index contributed by atoms with van der Waals surface area (Å²) in [4.78, 5) is 0. The van der Waals surface area contributed by atoms with Gasteiger partial charge in [-0.1, -0.05) is 0 Å². The Hall–Kier alpha value is -0.160. The zero-order chi connectivity index (χ0) is 7.44. The minimum absolute atomic E-state index is 0.536. The van der Waals surface area contributed by atoms with Crippen molar-refractivity contribution < 1.29 is 20.4 Å². The second-order valence-corrected chi connectivity index (χ2v) is 1.98. The van der Waals surface area contributed by atoms with Gasteiger partial charge in [0.1, 0.15) is 12.2 Å². The number of hydrogen-bond donors (Lipinski definition) is 4. The molecular weight excluding hydrogens is 124 g/mol. The molecule has 4 N–H and O–H groups in total. The summed E-state index contributed by atoms with van der Waals surface area (Å²) in [6, 6.07) is 0. The fourth-order valence-corrected chi connectivity index (χ4v) is 0.429. The highest BCUT2D eigenvalue weighted by atomic mass is 16.4. The second kappa shape index (κ2) is 3.79. The average molecular weight is 136 g/mol. The molecule has 3 atom stereocenters. The monoisotopic (exact) mass is 136 g/mol. The third-order valence-electron chi connectivity index (χ3n) is 1.08. The van der Waals surface area contributed by atoms with E-state index in [1.807, 2.05) is 0 Å². The van der Waals surface area contributed by atoms with Gasteiger partial charge in [0, 0.05) is 0 Å². The normalized spacial score (nSPS) is 21.0. The smallest absolute Gasteiger partial charge is 0.108 e. The van der Waals surface area contributed by atoms with Crippen molar-refractivity contribution in [2.75, 3.05) is 6.61 Å². The van der Waals surface area contributed by atoms with E-state index in [-0.39, 0.29) is 0 Å². The van der Waals surface area contributed by atoms with Gasteiger partial charge in [-0.25, -0.2) is 0 Å². The van der Waals surface area contributed by atoms with Crippen molar-refractivity contribution in [3.63, 3.8) is 0 Å². The number of aliphatic hydroxyl groups is 4. The van der Waals surface area contributed by atoms with Gasteiger partial charge in [0.2, 0.25) is 0 Å². The van der Waals surface area contributed by atoms with Crippen LogP contribution in [0.4, 0.5) is 0 Å². The predicted octanol–water partition coefficient (Wildman–Crippen LogP) is -1.92. The zero-order valence-corrected chi connectivity index (χ0v) is 5.23.